The number of carbonyl (C=O) groups is 1. The van der Waals surface area contributed by atoms with Gasteiger partial charge in [-0.05, 0) is 20.8 Å². The topological polar surface area (TPSA) is 84.7 Å². The number of rotatable bonds is 2. The third-order valence-corrected chi connectivity index (χ3v) is 3.34. The van der Waals surface area contributed by atoms with Crippen LogP contribution in [0, 0.1) is 10.1 Å². The van der Waals surface area contributed by atoms with Gasteiger partial charge in [-0.1, -0.05) is 18.2 Å². The molecule has 0 aromatic heterocycles. The number of amides is 1. The molecule has 1 N–H and O–H groups in total. The summed E-state index contributed by atoms with van der Waals surface area (Å²) >= 11 is 0. The summed E-state index contributed by atoms with van der Waals surface area (Å²) in [7, 11) is 0. The van der Waals surface area contributed by atoms with Crippen LogP contribution in [0.4, 0.5) is 10.5 Å². The first-order valence-corrected chi connectivity index (χ1v) is 7.22. The lowest BCUT2D eigenvalue weighted by molar-refractivity contribution is -0.385. The van der Waals surface area contributed by atoms with E-state index in [1.165, 1.54) is 6.07 Å². The first-order chi connectivity index (χ1) is 10.3. The molecule has 22 heavy (non-hydrogen) atoms. The smallest absolute Gasteiger partial charge is 0.410 e. The van der Waals surface area contributed by atoms with Gasteiger partial charge >= 0.3 is 6.09 Å². The molecule has 0 spiro atoms. The fourth-order valence-corrected chi connectivity index (χ4v) is 2.40. The second-order valence-corrected chi connectivity index (χ2v) is 6.25. The maximum Gasteiger partial charge on any atom is 0.410 e. The molecule has 1 unspecified atom stereocenters. The number of hydrogen-bond acceptors (Lipinski definition) is 5. The third kappa shape index (κ3) is 3.94. The van der Waals surface area contributed by atoms with Crippen LogP contribution in [0.25, 0.3) is 0 Å². The van der Waals surface area contributed by atoms with Crippen molar-refractivity contribution in [1.29, 1.82) is 0 Å². The van der Waals surface area contributed by atoms with Gasteiger partial charge in [0.15, 0.2) is 0 Å². The number of benzene rings is 1. The minimum atomic E-state index is -0.559. The van der Waals surface area contributed by atoms with Crippen molar-refractivity contribution in [2.45, 2.75) is 32.4 Å². The van der Waals surface area contributed by atoms with Crippen molar-refractivity contribution in [3.63, 3.8) is 0 Å². The van der Waals surface area contributed by atoms with Gasteiger partial charge in [0.2, 0.25) is 0 Å². The molecule has 1 aromatic carbocycles. The summed E-state index contributed by atoms with van der Waals surface area (Å²) in [5.74, 6) is 0. The van der Waals surface area contributed by atoms with E-state index in [0.717, 1.165) is 0 Å². The Morgan fingerprint density at radius 2 is 2.09 bits per heavy atom. The Bertz CT molecular complexity index is 568. The van der Waals surface area contributed by atoms with Gasteiger partial charge in [-0.2, -0.15) is 0 Å². The molecule has 1 fully saturated rings. The first-order valence-electron chi connectivity index (χ1n) is 7.22. The average molecular weight is 307 g/mol. The van der Waals surface area contributed by atoms with Gasteiger partial charge in [-0.25, -0.2) is 4.79 Å². The van der Waals surface area contributed by atoms with Gasteiger partial charge in [0, 0.05) is 31.3 Å². The number of carbonyl (C=O) groups excluding carboxylic acids is 1. The summed E-state index contributed by atoms with van der Waals surface area (Å²) in [5, 5.41) is 14.4. The lowest BCUT2D eigenvalue weighted by atomic mass is 10.0. The van der Waals surface area contributed by atoms with Gasteiger partial charge in [-0.15, -0.1) is 0 Å². The Morgan fingerprint density at radius 3 is 2.73 bits per heavy atom. The third-order valence-electron chi connectivity index (χ3n) is 3.34. The molecule has 1 saturated heterocycles. The Labute approximate surface area is 129 Å². The summed E-state index contributed by atoms with van der Waals surface area (Å²) in [6.07, 6.45) is -0.391. The monoisotopic (exact) mass is 307 g/mol. The molecule has 1 atom stereocenters. The van der Waals surface area contributed by atoms with Gasteiger partial charge in [0.05, 0.1) is 11.0 Å². The Balaban J connectivity index is 2.14. The number of nitro groups is 1. The van der Waals surface area contributed by atoms with Crippen LogP contribution in [0.15, 0.2) is 24.3 Å². The van der Waals surface area contributed by atoms with Crippen LogP contribution in [-0.2, 0) is 4.74 Å². The normalized spacial score (nSPS) is 18.9. The number of piperazine rings is 1. The number of nitrogens with one attached hydrogen (secondary N) is 1. The van der Waals surface area contributed by atoms with Gasteiger partial charge < -0.3 is 15.0 Å². The number of para-hydroxylation sites is 1. The summed E-state index contributed by atoms with van der Waals surface area (Å²) in [6, 6.07) is 6.31. The molecular formula is C15H21N3O4. The van der Waals surface area contributed by atoms with Crippen LogP contribution in [0.3, 0.4) is 0 Å². The van der Waals surface area contributed by atoms with E-state index < -0.39 is 16.6 Å². The zero-order valence-electron chi connectivity index (χ0n) is 13.0. The van der Waals surface area contributed by atoms with E-state index in [1.807, 2.05) is 20.8 Å². The number of nitrogens with zero attached hydrogens (tertiary/aromatic N) is 2. The first kappa shape index (κ1) is 16.2. The molecule has 0 saturated carbocycles. The fraction of sp³-hybridized carbons (Fsp3) is 0.533. The SMILES string of the molecule is CC(C)(C)OC(=O)N1CCNC(c2ccccc2[N+](=O)[O-])C1. The lowest BCUT2D eigenvalue weighted by Crippen LogP contribution is -2.49. The van der Waals surface area contributed by atoms with Crippen LogP contribution >= 0.6 is 0 Å². The fourth-order valence-electron chi connectivity index (χ4n) is 2.40. The molecule has 7 heteroatoms. The Hall–Kier alpha value is -2.15. The van der Waals surface area contributed by atoms with Crippen molar-refractivity contribution in [1.82, 2.24) is 10.2 Å². The van der Waals surface area contributed by atoms with E-state index >= 15 is 0 Å². The molecule has 0 aliphatic carbocycles. The summed E-state index contributed by atoms with van der Waals surface area (Å²) in [5.41, 5.74) is 0.0859. The van der Waals surface area contributed by atoms with Crippen LogP contribution in [-0.4, -0.2) is 41.2 Å². The molecule has 1 aromatic rings. The van der Waals surface area contributed by atoms with Gasteiger partial charge in [0.1, 0.15) is 5.60 Å². The van der Waals surface area contributed by atoms with Crippen LogP contribution in [0.5, 0.6) is 0 Å². The van der Waals surface area contributed by atoms with Crippen LogP contribution in [0.1, 0.15) is 32.4 Å². The van der Waals surface area contributed by atoms with Crippen LogP contribution < -0.4 is 5.32 Å². The standard InChI is InChI=1S/C15H21N3O4/c1-15(2,3)22-14(19)17-9-8-16-12(10-17)11-6-4-5-7-13(11)18(20)21/h4-7,12,16H,8-10H2,1-3H3. The molecule has 120 valence electrons. The van der Waals surface area contributed by atoms with Crippen molar-refractivity contribution < 1.29 is 14.5 Å². The zero-order valence-corrected chi connectivity index (χ0v) is 13.0. The molecule has 0 bridgehead atoms. The molecular weight excluding hydrogens is 286 g/mol. The lowest BCUT2D eigenvalue weighted by Gasteiger charge is -2.34. The molecule has 1 aliphatic rings. The number of nitro benzene ring substituents is 1. The van der Waals surface area contributed by atoms with E-state index in [9.17, 15) is 14.9 Å². The highest BCUT2D eigenvalue weighted by molar-refractivity contribution is 5.68. The minimum Gasteiger partial charge on any atom is -0.444 e. The van der Waals surface area contributed by atoms with Crippen molar-refractivity contribution in [2.24, 2.45) is 0 Å². The highest BCUT2D eigenvalue weighted by atomic mass is 16.6. The highest BCUT2D eigenvalue weighted by Crippen LogP contribution is 2.27. The van der Waals surface area contributed by atoms with E-state index in [0.29, 0.717) is 25.2 Å². The average Bonchev–Trinajstić information content (AvgIpc) is 2.45. The van der Waals surface area contributed by atoms with Crippen molar-refractivity contribution in [3.05, 3.63) is 39.9 Å². The van der Waals surface area contributed by atoms with Crippen LogP contribution in [0.2, 0.25) is 0 Å². The molecule has 0 radical (unpaired) electrons. The predicted octanol–water partition coefficient (Wildman–Crippen LogP) is 2.48. The minimum absolute atomic E-state index is 0.0611. The largest absolute Gasteiger partial charge is 0.444 e. The highest BCUT2D eigenvalue weighted by Gasteiger charge is 2.30. The molecule has 1 amide bonds. The molecule has 7 nitrogen and oxygen atoms in total. The van der Waals surface area contributed by atoms with Gasteiger partial charge in [0.25, 0.3) is 5.69 Å². The van der Waals surface area contributed by atoms with E-state index in [4.69, 9.17) is 4.74 Å². The predicted molar refractivity (Wildman–Crippen MR) is 81.6 cm³/mol. The second-order valence-electron chi connectivity index (χ2n) is 6.25. The van der Waals surface area contributed by atoms with Crippen molar-refractivity contribution in [3.8, 4) is 0 Å². The summed E-state index contributed by atoms with van der Waals surface area (Å²) in [6.45, 7) is 6.87. The van der Waals surface area contributed by atoms with E-state index in [-0.39, 0.29) is 11.7 Å². The summed E-state index contributed by atoms with van der Waals surface area (Å²) in [4.78, 5) is 24.5. The molecule has 1 heterocycles. The van der Waals surface area contributed by atoms with Gasteiger partial charge in [-0.3, -0.25) is 10.1 Å². The summed E-state index contributed by atoms with van der Waals surface area (Å²) < 4.78 is 5.36. The molecule has 1 aliphatic heterocycles. The Morgan fingerprint density at radius 1 is 1.41 bits per heavy atom. The Kier molecular flexibility index (Phi) is 4.65. The maximum atomic E-state index is 12.2. The maximum absolute atomic E-state index is 12.2. The second kappa shape index (κ2) is 6.31. The zero-order chi connectivity index (χ0) is 16.3. The number of ether oxygens (including phenoxy) is 1. The van der Waals surface area contributed by atoms with Crippen molar-refractivity contribution in [2.75, 3.05) is 19.6 Å². The molecule has 2 rings (SSSR count). The van der Waals surface area contributed by atoms with Crippen molar-refractivity contribution >= 4 is 11.8 Å². The van der Waals surface area contributed by atoms with E-state index in [1.54, 1.807) is 23.1 Å². The van der Waals surface area contributed by atoms with E-state index in [2.05, 4.69) is 5.32 Å². The number of hydrogen-bond donors (Lipinski definition) is 1. The quantitative estimate of drug-likeness (QED) is 0.670.